The van der Waals surface area contributed by atoms with Crippen LogP contribution in [0.2, 0.25) is 10.1 Å². The first-order valence-corrected chi connectivity index (χ1v) is 14.1. The summed E-state index contributed by atoms with van der Waals surface area (Å²) >= 11 is 0. The molecule has 2 aromatic rings. The smallest absolute Gasteiger partial charge is 0.349 e. The fourth-order valence-corrected chi connectivity index (χ4v) is 10.1. The van der Waals surface area contributed by atoms with Gasteiger partial charge >= 0.3 is 14.5 Å². The zero-order valence-electron chi connectivity index (χ0n) is 22.3. The zero-order valence-corrected chi connectivity index (χ0v) is 23.3. The predicted octanol–water partition coefficient (Wildman–Crippen LogP) is 5.58. The van der Waals surface area contributed by atoms with Crippen LogP contribution in [0.5, 0.6) is 0 Å². The summed E-state index contributed by atoms with van der Waals surface area (Å²) in [6.45, 7) is 17.1. The molecule has 7 nitrogen and oxygen atoms in total. The predicted molar refractivity (Wildman–Crippen MR) is 137 cm³/mol. The molecule has 1 fully saturated rings. The molecule has 0 bridgehead atoms. The Balaban J connectivity index is 2.09. The summed E-state index contributed by atoms with van der Waals surface area (Å²) < 4.78 is 25.1. The molecule has 8 heteroatoms. The Kier molecular flexibility index (Phi) is 8.33. The van der Waals surface area contributed by atoms with Crippen LogP contribution in [0.25, 0.3) is 0 Å². The van der Waals surface area contributed by atoms with E-state index >= 15 is 0 Å². The maximum Gasteiger partial charge on any atom is 0.349 e. The summed E-state index contributed by atoms with van der Waals surface area (Å²) in [6.07, 6.45) is -0.595. The van der Waals surface area contributed by atoms with E-state index in [1.54, 1.807) is 13.1 Å². The number of aromatic nitrogens is 1. The third-order valence-corrected chi connectivity index (χ3v) is 11.7. The minimum Gasteiger partial charge on any atom is -0.462 e. The molecule has 1 aromatic heterocycles. The lowest BCUT2D eigenvalue weighted by Crippen LogP contribution is -2.65. The number of rotatable bonds is 7. The van der Waals surface area contributed by atoms with E-state index in [0.29, 0.717) is 23.4 Å². The Morgan fingerprint density at radius 3 is 2.37 bits per heavy atom. The van der Waals surface area contributed by atoms with Gasteiger partial charge in [-0.3, -0.25) is 0 Å². The summed E-state index contributed by atoms with van der Waals surface area (Å²) in [7, 11) is -2.91. The summed E-state index contributed by atoms with van der Waals surface area (Å²) in [6, 6.07) is 9.82. The van der Waals surface area contributed by atoms with Crippen LogP contribution in [-0.2, 0) is 24.9 Å². The van der Waals surface area contributed by atoms with Crippen molar-refractivity contribution in [2.45, 2.75) is 90.4 Å². The molecule has 1 saturated heterocycles. The lowest BCUT2D eigenvalue weighted by Gasteiger charge is -2.55. The number of benzene rings is 1. The van der Waals surface area contributed by atoms with Gasteiger partial charge in [0.05, 0.1) is 25.4 Å². The second-order valence-corrected chi connectivity index (χ2v) is 16.0. The number of ether oxygens (including phenoxy) is 2. The molecular weight excluding hydrogens is 462 g/mol. The van der Waals surface area contributed by atoms with Crippen LogP contribution in [0.1, 0.15) is 81.7 Å². The molecule has 35 heavy (non-hydrogen) atoms. The minimum absolute atomic E-state index is 0.148. The molecule has 0 saturated carbocycles. The van der Waals surface area contributed by atoms with Gasteiger partial charge in [-0.2, -0.15) is 0 Å². The van der Waals surface area contributed by atoms with E-state index in [4.69, 9.17) is 18.3 Å². The van der Waals surface area contributed by atoms with E-state index in [2.05, 4.69) is 46.5 Å². The molecule has 3 atom stereocenters. The number of hydrogen-bond acceptors (Lipinski definition) is 6. The number of aromatic amines is 1. The third-order valence-electron chi connectivity index (χ3n) is 6.58. The van der Waals surface area contributed by atoms with E-state index in [9.17, 15) is 9.90 Å². The van der Waals surface area contributed by atoms with Gasteiger partial charge < -0.3 is 28.4 Å². The van der Waals surface area contributed by atoms with E-state index in [0.717, 1.165) is 5.56 Å². The van der Waals surface area contributed by atoms with Gasteiger partial charge in [0.1, 0.15) is 18.3 Å². The maximum atomic E-state index is 12.9. The topological polar surface area (TPSA) is 90.0 Å². The number of H-pyrrole nitrogens is 1. The van der Waals surface area contributed by atoms with Gasteiger partial charge in [-0.15, -0.1) is 0 Å². The van der Waals surface area contributed by atoms with Crippen molar-refractivity contribution in [3.8, 4) is 0 Å². The normalized spacial score (nSPS) is 21.5. The third kappa shape index (κ3) is 5.57. The number of carbonyl (C=O) groups is 1. The van der Waals surface area contributed by atoms with E-state index in [-0.39, 0.29) is 23.3 Å². The Hall–Kier alpha value is -1.97. The SMILES string of the molecule is CCOC(=O)c1c([C@@H](OCc2ccccc2)[C@@H]2O[Si](C(C)(C)C)(C(C)(C)C)OC[C@H]2O)c[nH]c1C. The Morgan fingerprint density at radius 1 is 1.17 bits per heavy atom. The van der Waals surface area contributed by atoms with Crippen molar-refractivity contribution >= 4 is 14.5 Å². The minimum atomic E-state index is -2.91. The first-order valence-electron chi connectivity index (χ1n) is 12.3. The van der Waals surface area contributed by atoms with Gasteiger partial charge in [-0.1, -0.05) is 71.9 Å². The standard InChI is InChI=1S/C27H41NO6Si/c1-9-31-25(30)22-18(2)28-15-20(22)23(32-16-19-13-11-10-12-14-19)24-21(29)17-33-35(34-24,26(3,4)5)27(6,7)8/h10-15,21,23-24,28-29H,9,16-17H2,1-8H3/t21-,23-,24-/m1/s1. The van der Waals surface area contributed by atoms with Crippen molar-refractivity contribution in [1.29, 1.82) is 0 Å². The van der Waals surface area contributed by atoms with E-state index < -0.39 is 32.8 Å². The number of esters is 1. The fraction of sp³-hybridized carbons (Fsp3) is 0.593. The lowest BCUT2D eigenvalue weighted by molar-refractivity contribution is -0.141. The number of aliphatic hydroxyl groups is 1. The molecule has 0 spiro atoms. The molecular formula is C27H41NO6Si. The van der Waals surface area contributed by atoms with Crippen molar-refractivity contribution in [2.75, 3.05) is 13.2 Å². The Bertz CT molecular complexity index is 977. The molecule has 2 heterocycles. The number of aryl methyl sites for hydroxylation is 1. The van der Waals surface area contributed by atoms with Crippen LogP contribution in [-0.4, -0.2) is 50.0 Å². The van der Waals surface area contributed by atoms with Crippen molar-refractivity contribution in [1.82, 2.24) is 4.98 Å². The highest BCUT2D eigenvalue weighted by molar-refractivity contribution is 6.73. The van der Waals surface area contributed by atoms with Gasteiger partial charge in [0.25, 0.3) is 0 Å². The fourth-order valence-electron chi connectivity index (χ4n) is 5.14. The van der Waals surface area contributed by atoms with Gasteiger partial charge in [0, 0.05) is 27.5 Å². The zero-order chi connectivity index (χ0) is 26.0. The van der Waals surface area contributed by atoms with Crippen molar-refractivity contribution in [3.05, 3.63) is 58.9 Å². The van der Waals surface area contributed by atoms with Gasteiger partial charge in [0.2, 0.25) is 0 Å². The summed E-state index contributed by atoms with van der Waals surface area (Å²) in [4.78, 5) is 16.1. The van der Waals surface area contributed by atoms with Crippen LogP contribution in [0, 0.1) is 6.92 Å². The number of hydrogen-bond donors (Lipinski definition) is 2. The molecule has 3 rings (SSSR count). The van der Waals surface area contributed by atoms with Crippen LogP contribution < -0.4 is 0 Å². The van der Waals surface area contributed by atoms with Crippen molar-refractivity contribution in [2.24, 2.45) is 0 Å². The van der Waals surface area contributed by atoms with E-state index in [1.165, 1.54) is 0 Å². The number of nitrogens with one attached hydrogen (secondary N) is 1. The van der Waals surface area contributed by atoms with Gasteiger partial charge in [0.15, 0.2) is 0 Å². The molecule has 0 unspecified atom stereocenters. The lowest BCUT2D eigenvalue weighted by atomic mass is 9.98. The van der Waals surface area contributed by atoms with E-state index in [1.807, 2.05) is 37.3 Å². The second-order valence-electron chi connectivity index (χ2n) is 11.3. The van der Waals surface area contributed by atoms with Crippen molar-refractivity contribution in [3.63, 3.8) is 0 Å². The Morgan fingerprint density at radius 2 is 1.80 bits per heavy atom. The molecule has 1 aromatic carbocycles. The number of carbonyl (C=O) groups excluding carboxylic acids is 1. The highest BCUT2D eigenvalue weighted by Gasteiger charge is 2.62. The molecule has 2 N–H and O–H groups in total. The highest BCUT2D eigenvalue weighted by atomic mass is 28.4. The monoisotopic (exact) mass is 503 g/mol. The van der Waals surface area contributed by atoms with Crippen LogP contribution in [0.4, 0.5) is 0 Å². The molecule has 0 amide bonds. The average molecular weight is 504 g/mol. The van der Waals surface area contributed by atoms with Gasteiger partial charge in [-0.25, -0.2) is 4.79 Å². The van der Waals surface area contributed by atoms with Gasteiger partial charge in [-0.05, 0) is 19.4 Å². The Labute approximate surface area is 210 Å². The maximum absolute atomic E-state index is 12.9. The quantitative estimate of drug-likeness (QED) is 0.379. The van der Waals surface area contributed by atoms with Crippen LogP contribution in [0.3, 0.4) is 0 Å². The first-order chi connectivity index (χ1) is 16.3. The van der Waals surface area contributed by atoms with Crippen molar-refractivity contribution < 1.29 is 28.2 Å². The summed E-state index contributed by atoms with van der Waals surface area (Å²) in [5.74, 6) is -0.425. The molecule has 0 radical (unpaired) electrons. The molecule has 1 aliphatic rings. The summed E-state index contributed by atoms with van der Waals surface area (Å²) in [5.41, 5.74) is 2.71. The van der Waals surface area contributed by atoms with Crippen LogP contribution >= 0.6 is 0 Å². The molecule has 194 valence electrons. The highest BCUT2D eigenvalue weighted by Crippen LogP contribution is 2.55. The second kappa shape index (κ2) is 10.6. The molecule has 1 aliphatic heterocycles. The summed E-state index contributed by atoms with van der Waals surface area (Å²) in [5, 5.41) is 10.6. The number of aliphatic hydroxyl groups excluding tert-OH is 1. The largest absolute Gasteiger partial charge is 0.462 e. The molecule has 0 aliphatic carbocycles. The first kappa shape index (κ1) is 27.6. The average Bonchev–Trinajstić information content (AvgIpc) is 3.15. The van der Waals surface area contributed by atoms with Crippen LogP contribution in [0.15, 0.2) is 36.5 Å².